The normalized spacial score (nSPS) is 10.8. The average molecular weight is 426 g/mol. The first-order valence-corrected chi connectivity index (χ1v) is 10.5. The lowest BCUT2D eigenvalue weighted by atomic mass is 10.2. The van der Waals surface area contributed by atoms with E-state index < -0.39 is 0 Å². The van der Waals surface area contributed by atoms with Gasteiger partial charge in [-0.2, -0.15) is 0 Å². The number of anilines is 5. The van der Waals surface area contributed by atoms with Gasteiger partial charge in [-0.1, -0.05) is 59.9 Å². The Morgan fingerprint density at radius 2 is 1.68 bits per heavy atom. The summed E-state index contributed by atoms with van der Waals surface area (Å²) in [5, 5.41) is 3.98. The fourth-order valence-corrected chi connectivity index (χ4v) is 4.14. The van der Waals surface area contributed by atoms with Gasteiger partial charge in [0.25, 0.3) is 0 Å². The Kier molecular flexibility index (Phi) is 5.12. The molecule has 0 bridgehead atoms. The smallest absolute Gasteiger partial charge is 0.189 e. The minimum absolute atomic E-state index is 0.434. The summed E-state index contributed by atoms with van der Waals surface area (Å²) in [5.74, 6) is 1.85. The maximum absolute atomic E-state index is 6.54. The van der Waals surface area contributed by atoms with E-state index in [4.69, 9.17) is 5.73 Å². The predicted molar refractivity (Wildman–Crippen MR) is 126 cm³/mol. The van der Waals surface area contributed by atoms with Gasteiger partial charge in [0.15, 0.2) is 16.8 Å². The molecule has 0 atom stereocenters. The molecule has 0 amide bonds. The van der Waals surface area contributed by atoms with Crippen LogP contribution in [0.5, 0.6) is 0 Å². The van der Waals surface area contributed by atoms with Crippen LogP contribution >= 0.6 is 11.3 Å². The maximum atomic E-state index is 6.54. The number of aromatic nitrogens is 4. The number of benzene rings is 2. The number of fused-ring (bicyclic) bond motifs is 1. The Hall–Kier alpha value is -4.04. The van der Waals surface area contributed by atoms with E-state index in [0.717, 1.165) is 26.7 Å². The SMILES string of the molecule is Nc1c(Nc2nc3ccccc3s2)ncnc1N(Cc1ccccc1)c1ccccn1. The largest absolute Gasteiger partial charge is 0.393 e. The highest BCUT2D eigenvalue weighted by Crippen LogP contribution is 2.35. The molecule has 2 aromatic carbocycles. The quantitative estimate of drug-likeness (QED) is 0.389. The number of thiazole rings is 1. The van der Waals surface area contributed by atoms with Crippen molar-refractivity contribution in [3.63, 3.8) is 0 Å². The number of nitrogens with one attached hydrogen (secondary N) is 1. The van der Waals surface area contributed by atoms with Crippen molar-refractivity contribution < 1.29 is 0 Å². The molecule has 0 unspecified atom stereocenters. The predicted octanol–water partition coefficient (Wildman–Crippen LogP) is 5.15. The van der Waals surface area contributed by atoms with Crippen LogP contribution in [-0.4, -0.2) is 19.9 Å². The second-order valence-electron chi connectivity index (χ2n) is 6.83. The zero-order chi connectivity index (χ0) is 21.0. The lowest BCUT2D eigenvalue weighted by Gasteiger charge is -2.24. The number of para-hydroxylation sites is 1. The maximum Gasteiger partial charge on any atom is 0.189 e. The summed E-state index contributed by atoms with van der Waals surface area (Å²) in [5.41, 5.74) is 9.02. The van der Waals surface area contributed by atoms with Gasteiger partial charge < -0.3 is 16.0 Å². The molecule has 0 spiro atoms. The fraction of sp³-hybridized carbons (Fsp3) is 0.0435. The highest BCUT2D eigenvalue weighted by Gasteiger charge is 2.19. The number of pyridine rings is 1. The Morgan fingerprint density at radius 3 is 2.48 bits per heavy atom. The Labute approximate surface area is 183 Å². The first-order chi connectivity index (χ1) is 15.3. The zero-order valence-electron chi connectivity index (χ0n) is 16.5. The van der Waals surface area contributed by atoms with Crippen LogP contribution < -0.4 is 16.0 Å². The number of rotatable bonds is 6. The van der Waals surface area contributed by atoms with Crippen molar-refractivity contribution in [2.24, 2.45) is 0 Å². The fourth-order valence-electron chi connectivity index (χ4n) is 3.27. The van der Waals surface area contributed by atoms with Crippen molar-refractivity contribution in [1.82, 2.24) is 19.9 Å². The molecule has 3 N–H and O–H groups in total. The Balaban J connectivity index is 1.52. The first kappa shape index (κ1) is 19.0. The topological polar surface area (TPSA) is 92.8 Å². The van der Waals surface area contributed by atoms with Gasteiger partial charge in [-0.25, -0.2) is 19.9 Å². The molecule has 5 aromatic rings. The monoisotopic (exact) mass is 425 g/mol. The second-order valence-corrected chi connectivity index (χ2v) is 7.86. The highest BCUT2D eigenvalue weighted by molar-refractivity contribution is 7.22. The Bertz CT molecular complexity index is 1270. The van der Waals surface area contributed by atoms with E-state index in [1.807, 2.05) is 65.6 Å². The third-order valence-corrected chi connectivity index (χ3v) is 5.70. The molecular weight excluding hydrogens is 406 g/mol. The number of hydrogen-bond acceptors (Lipinski definition) is 8. The van der Waals surface area contributed by atoms with Gasteiger partial charge in [0.2, 0.25) is 0 Å². The molecule has 152 valence electrons. The van der Waals surface area contributed by atoms with Crippen LogP contribution in [0.1, 0.15) is 5.56 Å². The number of nitrogens with two attached hydrogens (primary N) is 1. The molecule has 0 aliphatic rings. The van der Waals surface area contributed by atoms with E-state index in [1.165, 1.54) is 6.33 Å². The second kappa shape index (κ2) is 8.37. The van der Waals surface area contributed by atoms with Crippen molar-refractivity contribution in [2.75, 3.05) is 16.0 Å². The molecule has 0 aliphatic carbocycles. The van der Waals surface area contributed by atoms with Gasteiger partial charge in [-0.05, 0) is 29.8 Å². The standard InChI is InChI=1S/C23H19N7S/c24-20-21(29-23-28-17-10-4-5-11-18(17)31-23)26-15-27-22(20)30(19-12-6-7-13-25-19)14-16-8-2-1-3-9-16/h1-13,15H,14,24H2,(H,26,27,28,29). The van der Waals surface area contributed by atoms with Crippen molar-refractivity contribution in [3.05, 3.63) is 90.9 Å². The first-order valence-electron chi connectivity index (χ1n) is 9.73. The summed E-state index contributed by atoms with van der Waals surface area (Å²) in [6, 6.07) is 23.9. The lowest BCUT2D eigenvalue weighted by Crippen LogP contribution is -2.21. The van der Waals surface area contributed by atoms with Crippen molar-refractivity contribution in [1.29, 1.82) is 0 Å². The van der Waals surface area contributed by atoms with Gasteiger partial charge in [0.1, 0.15) is 17.8 Å². The molecule has 7 nitrogen and oxygen atoms in total. The van der Waals surface area contributed by atoms with Crippen LogP contribution in [0, 0.1) is 0 Å². The summed E-state index contributed by atoms with van der Waals surface area (Å²) < 4.78 is 1.09. The van der Waals surface area contributed by atoms with Gasteiger partial charge in [0.05, 0.1) is 16.8 Å². The molecule has 0 radical (unpaired) electrons. The number of hydrogen-bond donors (Lipinski definition) is 2. The van der Waals surface area contributed by atoms with Crippen LogP contribution in [-0.2, 0) is 6.54 Å². The van der Waals surface area contributed by atoms with E-state index in [9.17, 15) is 0 Å². The third kappa shape index (κ3) is 4.01. The van der Waals surface area contributed by atoms with E-state index in [1.54, 1.807) is 17.5 Å². The van der Waals surface area contributed by atoms with Crippen LogP contribution in [0.25, 0.3) is 10.2 Å². The number of nitrogen functional groups attached to an aromatic ring is 1. The van der Waals surface area contributed by atoms with Crippen LogP contribution in [0.2, 0.25) is 0 Å². The van der Waals surface area contributed by atoms with Gasteiger partial charge in [0, 0.05) is 6.20 Å². The summed E-state index contributed by atoms with van der Waals surface area (Å²) in [6.07, 6.45) is 3.26. The molecule has 3 heterocycles. The van der Waals surface area contributed by atoms with Crippen molar-refractivity contribution >= 4 is 49.8 Å². The molecule has 0 fully saturated rings. The van der Waals surface area contributed by atoms with Crippen LogP contribution in [0.15, 0.2) is 85.3 Å². The van der Waals surface area contributed by atoms with Crippen molar-refractivity contribution in [3.8, 4) is 0 Å². The van der Waals surface area contributed by atoms with Crippen LogP contribution in [0.3, 0.4) is 0 Å². The third-order valence-electron chi connectivity index (χ3n) is 4.75. The average Bonchev–Trinajstić information content (AvgIpc) is 3.23. The zero-order valence-corrected chi connectivity index (χ0v) is 17.3. The van der Waals surface area contributed by atoms with Crippen molar-refractivity contribution in [2.45, 2.75) is 6.54 Å². The van der Waals surface area contributed by atoms with Gasteiger partial charge in [-0.3, -0.25) is 0 Å². The minimum atomic E-state index is 0.434. The summed E-state index contributed by atoms with van der Waals surface area (Å²) >= 11 is 1.55. The van der Waals surface area contributed by atoms with Gasteiger partial charge >= 0.3 is 0 Å². The molecular formula is C23H19N7S. The molecule has 5 rings (SSSR count). The van der Waals surface area contributed by atoms with E-state index in [-0.39, 0.29) is 0 Å². The van der Waals surface area contributed by atoms with Gasteiger partial charge in [-0.15, -0.1) is 0 Å². The lowest BCUT2D eigenvalue weighted by molar-refractivity contribution is 0.918. The number of nitrogens with zero attached hydrogens (tertiary/aromatic N) is 5. The van der Waals surface area contributed by atoms with E-state index in [2.05, 4.69) is 37.4 Å². The molecule has 3 aromatic heterocycles. The highest BCUT2D eigenvalue weighted by atomic mass is 32.1. The molecule has 0 saturated carbocycles. The van der Waals surface area contributed by atoms with E-state index >= 15 is 0 Å². The molecule has 8 heteroatoms. The summed E-state index contributed by atoms with van der Waals surface area (Å²) in [7, 11) is 0. The summed E-state index contributed by atoms with van der Waals surface area (Å²) in [4.78, 5) is 20.0. The molecule has 0 aliphatic heterocycles. The molecule has 31 heavy (non-hydrogen) atoms. The van der Waals surface area contributed by atoms with Crippen LogP contribution in [0.4, 0.5) is 28.3 Å². The minimum Gasteiger partial charge on any atom is -0.393 e. The Morgan fingerprint density at radius 1 is 0.871 bits per heavy atom. The molecule has 0 saturated heterocycles. The van der Waals surface area contributed by atoms with E-state index in [0.29, 0.717) is 23.9 Å². The summed E-state index contributed by atoms with van der Waals surface area (Å²) in [6.45, 7) is 0.569.